The van der Waals surface area contributed by atoms with E-state index in [9.17, 15) is 0 Å². The maximum Gasteiger partial charge on any atom is 0.261 e. The Kier molecular flexibility index (Phi) is 10.9. The molecule has 2 aromatic carbocycles. The van der Waals surface area contributed by atoms with Crippen molar-refractivity contribution in [1.82, 2.24) is 0 Å². The molecule has 4 heteroatoms. The first-order valence-corrected chi connectivity index (χ1v) is 17.2. The number of unbranched alkanes of at least 4 members (excludes halogenated alkanes) is 3. The summed E-state index contributed by atoms with van der Waals surface area (Å²) in [5.41, 5.74) is 0. The minimum atomic E-state index is -2.38. The topological polar surface area (TPSA) is 18.5 Å². The molecule has 178 valence electrons. The van der Waals surface area contributed by atoms with Gasteiger partial charge in [-0.3, -0.25) is 0 Å². The molecule has 0 bridgehead atoms. The molecule has 0 saturated carbocycles. The molecule has 0 radical (unpaired) electrons. The highest BCUT2D eigenvalue weighted by molar-refractivity contribution is 6.99. The zero-order chi connectivity index (χ0) is 23.5. The van der Waals surface area contributed by atoms with Crippen LogP contribution in [0.2, 0.25) is 23.2 Å². The van der Waals surface area contributed by atoms with Crippen molar-refractivity contribution in [3.05, 3.63) is 60.7 Å². The third kappa shape index (κ3) is 6.66. The summed E-state index contributed by atoms with van der Waals surface area (Å²) in [5.74, 6) is 0. The van der Waals surface area contributed by atoms with E-state index >= 15 is 0 Å². The summed E-state index contributed by atoms with van der Waals surface area (Å²) in [7, 11) is -3.82. The largest absolute Gasteiger partial charge is 0.417 e. The number of benzene rings is 2. The number of hydrogen-bond acceptors (Lipinski definition) is 2. The minimum absolute atomic E-state index is 0.0535. The molecule has 0 amide bonds. The second-order valence-corrected chi connectivity index (χ2v) is 19.1. The lowest BCUT2D eigenvalue weighted by molar-refractivity contribution is 0.271. The number of hydrogen-bond donors (Lipinski definition) is 0. The lowest BCUT2D eigenvalue weighted by Crippen LogP contribution is -2.66. The van der Waals surface area contributed by atoms with Gasteiger partial charge in [0.25, 0.3) is 8.32 Å². The van der Waals surface area contributed by atoms with Crippen molar-refractivity contribution < 1.29 is 8.85 Å². The zero-order valence-electron chi connectivity index (χ0n) is 21.5. The molecule has 0 aliphatic carbocycles. The van der Waals surface area contributed by atoms with Crippen LogP contribution < -0.4 is 10.4 Å². The first-order chi connectivity index (χ1) is 15.3. The molecule has 0 heterocycles. The SMILES string of the molecule is CC[Si](CC)(CC)OCCCCCCO[Si](c1ccccc1)(c1ccccc1)C(C)(C)C. The predicted molar refractivity (Wildman–Crippen MR) is 145 cm³/mol. The van der Waals surface area contributed by atoms with Crippen LogP contribution in [0.3, 0.4) is 0 Å². The third-order valence-corrected chi connectivity index (χ3v) is 16.8. The fourth-order valence-corrected chi connectivity index (χ4v) is 12.2. The van der Waals surface area contributed by atoms with E-state index in [1.54, 1.807) is 0 Å². The molecule has 0 N–H and O–H groups in total. The zero-order valence-corrected chi connectivity index (χ0v) is 23.5. The third-order valence-electron chi connectivity index (χ3n) is 7.12. The van der Waals surface area contributed by atoms with Gasteiger partial charge in [0.1, 0.15) is 0 Å². The molecule has 0 aliphatic heterocycles. The summed E-state index contributed by atoms with van der Waals surface area (Å²) in [6.07, 6.45) is 4.72. The van der Waals surface area contributed by atoms with Crippen molar-refractivity contribution in [2.75, 3.05) is 13.2 Å². The summed E-state index contributed by atoms with van der Waals surface area (Å²) in [6.45, 7) is 15.7. The van der Waals surface area contributed by atoms with E-state index in [4.69, 9.17) is 8.85 Å². The van der Waals surface area contributed by atoms with Gasteiger partial charge in [-0.05, 0) is 46.4 Å². The molecular weight excluding hydrogens is 424 g/mol. The first-order valence-electron chi connectivity index (χ1n) is 12.7. The molecule has 0 aromatic heterocycles. The smallest absolute Gasteiger partial charge is 0.261 e. The highest BCUT2D eigenvalue weighted by atomic mass is 28.4. The van der Waals surface area contributed by atoms with E-state index in [1.807, 2.05) is 0 Å². The van der Waals surface area contributed by atoms with Gasteiger partial charge in [-0.2, -0.15) is 0 Å². The maximum atomic E-state index is 6.99. The molecular formula is C28H46O2Si2. The highest BCUT2D eigenvalue weighted by Crippen LogP contribution is 2.36. The molecule has 0 atom stereocenters. The number of rotatable bonds is 14. The van der Waals surface area contributed by atoms with Crippen molar-refractivity contribution in [3.8, 4) is 0 Å². The summed E-state index contributed by atoms with van der Waals surface area (Å²) in [4.78, 5) is 0. The van der Waals surface area contributed by atoms with Crippen LogP contribution >= 0.6 is 0 Å². The van der Waals surface area contributed by atoms with E-state index in [0.29, 0.717) is 0 Å². The van der Waals surface area contributed by atoms with Gasteiger partial charge in [-0.25, -0.2) is 0 Å². The van der Waals surface area contributed by atoms with Crippen LogP contribution in [-0.2, 0) is 8.85 Å². The molecule has 0 spiro atoms. The van der Waals surface area contributed by atoms with Gasteiger partial charge in [-0.15, -0.1) is 0 Å². The fraction of sp³-hybridized carbons (Fsp3) is 0.571. The lowest BCUT2D eigenvalue weighted by atomic mass is 10.2. The van der Waals surface area contributed by atoms with Crippen molar-refractivity contribution in [2.45, 2.75) is 90.4 Å². The van der Waals surface area contributed by atoms with Gasteiger partial charge in [0, 0.05) is 13.2 Å². The van der Waals surface area contributed by atoms with E-state index in [1.165, 1.54) is 47.8 Å². The van der Waals surface area contributed by atoms with Crippen molar-refractivity contribution >= 4 is 27.0 Å². The summed E-state index contributed by atoms with van der Waals surface area (Å²) >= 11 is 0. The Bertz CT molecular complexity index is 704. The van der Waals surface area contributed by atoms with Crippen LogP contribution in [0, 0.1) is 0 Å². The van der Waals surface area contributed by atoms with E-state index < -0.39 is 16.6 Å². The Morgan fingerprint density at radius 3 is 1.38 bits per heavy atom. The maximum absolute atomic E-state index is 6.99. The standard InChI is InChI=1S/C28H46O2Si2/c1-7-31(8-2,9-3)29-24-18-10-11-19-25-30-32(28(4,5)6,26-20-14-12-15-21-26)27-22-16-13-17-23-27/h12-17,20-23H,7-11,18-19,24-25H2,1-6H3. The quantitative estimate of drug-likeness (QED) is 0.216. The Hall–Kier alpha value is -1.21. The highest BCUT2D eigenvalue weighted by Gasteiger charge is 2.49. The van der Waals surface area contributed by atoms with Gasteiger partial charge in [0.2, 0.25) is 0 Å². The van der Waals surface area contributed by atoms with Crippen molar-refractivity contribution in [3.63, 3.8) is 0 Å². The van der Waals surface area contributed by atoms with E-state index in [-0.39, 0.29) is 5.04 Å². The van der Waals surface area contributed by atoms with E-state index in [2.05, 4.69) is 102 Å². The van der Waals surface area contributed by atoms with Crippen LogP contribution in [0.4, 0.5) is 0 Å². The summed E-state index contributed by atoms with van der Waals surface area (Å²) in [5, 5.41) is 2.79. The lowest BCUT2D eigenvalue weighted by Gasteiger charge is -2.43. The second-order valence-electron chi connectivity index (χ2n) is 10.0. The van der Waals surface area contributed by atoms with Crippen molar-refractivity contribution in [1.29, 1.82) is 0 Å². The molecule has 32 heavy (non-hydrogen) atoms. The molecule has 2 rings (SSSR count). The molecule has 2 aromatic rings. The van der Waals surface area contributed by atoms with Crippen molar-refractivity contribution in [2.24, 2.45) is 0 Å². The van der Waals surface area contributed by atoms with Crippen LogP contribution in [0.1, 0.15) is 67.2 Å². The first kappa shape index (κ1) is 27.0. The van der Waals surface area contributed by atoms with Gasteiger partial charge >= 0.3 is 0 Å². The van der Waals surface area contributed by atoms with Gasteiger partial charge < -0.3 is 8.85 Å². The molecule has 2 nitrogen and oxygen atoms in total. The fourth-order valence-electron chi connectivity index (χ4n) is 4.89. The Morgan fingerprint density at radius 1 is 0.594 bits per heavy atom. The van der Waals surface area contributed by atoms with Gasteiger partial charge in [0.05, 0.1) is 0 Å². The molecule has 0 saturated heterocycles. The summed E-state index contributed by atoms with van der Waals surface area (Å²) < 4.78 is 13.4. The average molecular weight is 471 g/mol. The summed E-state index contributed by atoms with van der Waals surface area (Å²) in [6, 6.07) is 25.6. The monoisotopic (exact) mass is 470 g/mol. The molecule has 0 aliphatic rings. The Labute approximate surface area is 200 Å². The van der Waals surface area contributed by atoms with Crippen LogP contribution in [0.15, 0.2) is 60.7 Å². The normalized spacial score (nSPS) is 12.8. The van der Waals surface area contributed by atoms with Crippen LogP contribution in [0.5, 0.6) is 0 Å². The Morgan fingerprint density at radius 2 is 1.00 bits per heavy atom. The predicted octanol–water partition coefficient (Wildman–Crippen LogP) is 7.15. The Balaban J connectivity index is 1.98. The van der Waals surface area contributed by atoms with Crippen LogP contribution in [0.25, 0.3) is 0 Å². The van der Waals surface area contributed by atoms with Crippen LogP contribution in [-0.4, -0.2) is 29.8 Å². The van der Waals surface area contributed by atoms with Gasteiger partial charge in [0.15, 0.2) is 8.32 Å². The van der Waals surface area contributed by atoms with E-state index in [0.717, 1.165) is 19.6 Å². The molecule has 0 unspecified atom stereocenters. The minimum Gasteiger partial charge on any atom is -0.417 e. The second kappa shape index (κ2) is 12.9. The van der Waals surface area contributed by atoms with Gasteiger partial charge in [-0.1, -0.05) is 115 Å². The average Bonchev–Trinajstić information content (AvgIpc) is 2.81. The molecule has 0 fully saturated rings.